The molecule has 3 aromatic rings. The van der Waals surface area contributed by atoms with Crippen molar-refractivity contribution in [1.82, 2.24) is 10.3 Å². The molecule has 2 aromatic carbocycles. The van der Waals surface area contributed by atoms with Crippen LogP contribution in [0, 0.1) is 12.3 Å². The van der Waals surface area contributed by atoms with Gasteiger partial charge in [0.2, 0.25) is 5.96 Å². The summed E-state index contributed by atoms with van der Waals surface area (Å²) in [6, 6.07) is 15.7. The number of hydrogen-bond donors (Lipinski definition) is 2. The molecule has 2 aliphatic rings. The van der Waals surface area contributed by atoms with Crippen LogP contribution >= 0.6 is 0 Å². The molecule has 0 amide bonds. The Kier molecular flexibility index (Phi) is 4.24. The molecule has 1 atom stereocenters. The van der Waals surface area contributed by atoms with Crippen LogP contribution in [0.4, 0.5) is 6.01 Å². The lowest BCUT2D eigenvalue weighted by atomic mass is 9.73. The Labute approximate surface area is 175 Å². The maximum atomic E-state index is 13.1. The molecule has 2 N–H and O–H groups in total. The van der Waals surface area contributed by atoms with Gasteiger partial charge in [-0.1, -0.05) is 50.2 Å². The van der Waals surface area contributed by atoms with E-state index in [0.29, 0.717) is 24.0 Å². The summed E-state index contributed by atoms with van der Waals surface area (Å²) >= 11 is 0. The number of carbonyl (C=O) groups excluding carboxylic acids is 1. The van der Waals surface area contributed by atoms with E-state index in [1.165, 1.54) is 0 Å². The molecule has 0 bridgehead atoms. The second kappa shape index (κ2) is 6.83. The maximum Gasteiger partial charge on any atom is 0.302 e. The highest BCUT2D eigenvalue weighted by Crippen LogP contribution is 2.43. The van der Waals surface area contributed by atoms with E-state index in [9.17, 15) is 4.79 Å². The van der Waals surface area contributed by atoms with Gasteiger partial charge in [0.05, 0.1) is 0 Å². The molecular weight excluding hydrogens is 376 g/mol. The summed E-state index contributed by atoms with van der Waals surface area (Å²) in [5.74, 6) is 0.700. The fraction of sp³-hybridized carbons (Fsp3) is 0.292. The summed E-state index contributed by atoms with van der Waals surface area (Å²) in [5, 5.41) is 6.53. The zero-order chi connectivity index (χ0) is 20.9. The van der Waals surface area contributed by atoms with Gasteiger partial charge in [0.25, 0.3) is 0 Å². The molecule has 152 valence electrons. The summed E-state index contributed by atoms with van der Waals surface area (Å²) < 4.78 is 5.81. The molecule has 1 aromatic heterocycles. The lowest BCUT2D eigenvalue weighted by molar-refractivity contribution is -0.118. The van der Waals surface area contributed by atoms with Gasteiger partial charge in [-0.15, -0.1) is 0 Å². The predicted octanol–water partition coefficient (Wildman–Crippen LogP) is 4.89. The highest BCUT2D eigenvalue weighted by atomic mass is 16.4. The minimum Gasteiger partial charge on any atom is -0.423 e. The standard InChI is InChI=1S/C24H24N4O2/c1-14-8-4-5-9-15(14)21-20-17(12-24(2,3)13-18(20)29)25-22(27-21)28-23-26-16-10-6-7-11-19(16)30-23/h4-11,21H,12-13H2,1-3H3,(H2,25,26,27,28)/t21-/m1/s1. The van der Waals surface area contributed by atoms with Gasteiger partial charge < -0.3 is 9.73 Å². The van der Waals surface area contributed by atoms with Crippen molar-refractivity contribution in [3.8, 4) is 0 Å². The average molecular weight is 400 g/mol. The fourth-order valence-corrected chi connectivity index (χ4v) is 4.34. The lowest BCUT2D eigenvalue weighted by Gasteiger charge is -2.37. The van der Waals surface area contributed by atoms with Crippen molar-refractivity contribution in [3.63, 3.8) is 0 Å². The largest absolute Gasteiger partial charge is 0.423 e. The number of nitrogens with one attached hydrogen (secondary N) is 2. The van der Waals surface area contributed by atoms with E-state index < -0.39 is 0 Å². The van der Waals surface area contributed by atoms with E-state index in [4.69, 9.17) is 9.41 Å². The number of aryl methyl sites for hydroxylation is 1. The van der Waals surface area contributed by atoms with Gasteiger partial charge in [0, 0.05) is 17.7 Å². The minimum absolute atomic E-state index is 0.0980. The summed E-state index contributed by atoms with van der Waals surface area (Å²) in [6.07, 6.45) is 1.31. The zero-order valence-corrected chi connectivity index (χ0v) is 17.3. The quantitative estimate of drug-likeness (QED) is 0.640. The first-order valence-electron chi connectivity index (χ1n) is 10.2. The second-order valence-electron chi connectivity index (χ2n) is 8.81. The number of para-hydroxylation sites is 2. The predicted molar refractivity (Wildman–Crippen MR) is 117 cm³/mol. The molecule has 0 radical (unpaired) electrons. The molecular formula is C24H24N4O2. The highest BCUT2D eigenvalue weighted by molar-refractivity contribution is 6.03. The van der Waals surface area contributed by atoms with Crippen LogP contribution in [0.3, 0.4) is 0 Å². The van der Waals surface area contributed by atoms with Crippen molar-refractivity contribution in [2.24, 2.45) is 10.4 Å². The fourth-order valence-electron chi connectivity index (χ4n) is 4.34. The number of guanidine groups is 1. The number of rotatable bonds is 2. The first-order valence-corrected chi connectivity index (χ1v) is 10.2. The number of hydrogen-bond acceptors (Lipinski definition) is 6. The number of benzene rings is 2. The lowest BCUT2D eigenvalue weighted by Crippen LogP contribution is -2.42. The number of oxazole rings is 1. The number of fused-ring (bicyclic) bond motifs is 1. The molecule has 1 aliphatic carbocycles. The van der Waals surface area contributed by atoms with Gasteiger partial charge in [-0.3, -0.25) is 10.1 Å². The summed E-state index contributed by atoms with van der Waals surface area (Å²) in [6.45, 7) is 6.30. The van der Waals surface area contributed by atoms with E-state index in [2.05, 4.69) is 42.5 Å². The van der Waals surface area contributed by atoms with E-state index in [0.717, 1.165) is 34.3 Å². The first kappa shape index (κ1) is 18.6. The van der Waals surface area contributed by atoms with Crippen LogP contribution in [0.5, 0.6) is 0 Å². The summed E-state index contributed by atoms with van der Waals surface area (Å²) in [4.78, 5) is 22.5. The van der Waals surface area contributed by atoms with E-state index in [1.807, 2.05) is 42.5 Å². The Bertz CT molecular complexity index is 1190. The molecule has 0 spiro atoms. The van der Waals surface area contributed by atoms with Gasteiger partial charge in [0.1, 0.15) is 11.6 Å². The minimum atomic E-state index is -0.349. The van der Waals surface area contributed by atoms with Crippen LogP contribution < -0.4 is 10.6 Å². The SMILES string of the molecule is Cc1ccccc1[C@H]1N=C(Nc2nc3ccccc3o2)NC2=C1C(=O)CC(C)(C)C2. The molecule has 6 heteroatoms. The normalized spacial score (nSPS) is 20.6. The Balaban J connectivity index is 1.56. The topological polar surface area (TPSA) is 79.5 Å². The molecule has 5 rings (SSSR count). The number of anilines is 1. The van der Waals surface area contributed by atoms with Gasteiger partial charge in [-0.05, 0) is 42.0 Å². The maximum absolute atomic E-state index is 13.1. The third kappa shape index (κ3) is 3.28. The van der Waals surface area contributed by atoms with E-state index in [-0.39, 0.29) is 17.2 Å². The molecule has 6 nitrogen and oxygen atoms in total. The molecule has 0 fully saturated rings. The summed E-state index contributed by atoms with van der Waals surface area (Å²) in [7, 11) is 0. The first-order chi connectivity index (χ1) is 14.4. The van der Waals surface area contributed by atoms with Crippen molar-refractivity contribution < 1.29 is 9.21 Å². The van der Waals surface area contributed by atoms with Crippen LogP contribution in [0.15, 0.2) is 69.2 Å². The Morgan fingerprint density at radius 3 is 2.67 bits per heavy atom. The number of carbonyl (C=O) groups is 1. The molecule has 2 heterocycles. The average Bonchev–Trinajstić information content (AvgIpc) is 3.08. The van der Waals surface area contributed by atoms with Gasteiger partial charge in [0.15, 0.2) is 11.4 Å². The van der Waals surface area contributed by atoms with Gasteiger partial charge >= 0.3 is 6.01 Å². The zero-order valence-electron chi connectivity index (χ0n) is 17.3. The van der Waals surface area contributed by atoms with Crippen LogP contribution in [0.25, 0.3) is 11.1 Å². The molecule has 30 heavy (non-hydrogen) atoms. The van der Waals surface area contributed by atoms with Gasteiger partial charge in [-0.25, -0.2) is 4.99 Å². The second-order valence-corrected chi connectivity index (χ2v) is 8.81. The van der Waals surface area contributed by atoms with Crippen molar-refractivity contribution >= 4 is 28.9 Å². The van der Waals surface area contributed by atoms with E-state index >= 15 is 0 Å². The monoisotopic (exact) mass is 400 g/mol. The molecule has 0 unspecified atom stereocenters. The van der Waals surface area contributed by atoms with Crippen molar-refractivity contribution in [2.75, 3.05) is 5.32 Å². The molecule has 0 saturated heterocycles. The van der Waals surface area contributed by atoms with Crippen LogP contribution in [0.1, 0.15) is 43.9 Å². The molecule has 0 saturated carbocycles. The number of aromatic nitrogens is 1. The highest BCUT2D eigenvalue weighted by Gasteiger charge is 2.39. The molecule has 1 aliphatic heterocycles. The van der Waals surface area contributed by atoms with Crippen molar-refractivity contribution in [3.05, 3.63) is 70.9 Å². The smallest absolute Gasteiger partial charge is 0.302 e. The van der Waals surface area contributed by atoms with Gasteiger partial charge in [-0.2, -0.15) is 4.98 Å². The summed E-state index contributed by atoms with van der Waals surface area (Å²) in [5.41, 5.74) is 5.24. The van der Waals surface area contributed by atoms with Crippen LogP contribution in [-0.2, 0) is 4.79 Å². The van der Waals surface area contributed by atoms with E-state index in [1.54, 1.807) is 0 Å². The van der Waals surface area contributed by atoms with Crippen molar-refractivity contribution in [1.29, 1.82) is 0 Å². The Morgan fingerprint density at radius 1 is 1.10 bits per heavy atom. The number of allylic oxidation sites excluding steroid dienone is 1. The third-order valence-electron chi connectivity index (χ3n) is 5.72. The van der Waals surface area contributed by atoms with Crippen LogP contribution in [-0.4, -0.2) is 16.7 Å². The third-order valence-corrected chi connectivity index (χ3v) is 5.72. The van der Waals surface area contributed by atoms with Crippen molar-refractivity contribution in [2.45, 2.75) is 39.7 Å². The number of ketones is 1. The van der Waals surface area contributed by atoms with Crippen LogP contribution in [0.2, 0.25) is 0 Å². The Hall–Kier alpha value is -3.41. The Morgan fingerprint density at radius 2 is 1.87 bits per heavy atom. The number of nitrogens with zero attached hydrogens (tertiary/aromatic N) is 2. The number of Topliss-reactive ketones (excluding diaryl/α,β-unsaturated/α-hetero) is 1. The number of aliphatic imine (C=N–C) groups is 1.